The number of ether oxygens (including phenoxy) is 2. The van der Waals surface area contributed by atoms with Crippen LogP contribution in [0.5, 0.6) is 0 Å². The van der Waals surface area contributed by atoms with Gasteiger partial charge in [0.05, 0.1) is 6.10 Å². The van der Waals surface area contributed by atoms with Gasteiger partial charge in [0.2, 0.25) is 0 Å². The highest BCUT2D eigenvalue weighted by Gasteiger charge is 2.44. The molecule has 0 spiro atoms. The first-order chi connectivity index (χ1) is 9.29. The van der Waals surface area contributed by atoms with Crippen LogP contribution in [0.4, 0.5) is 0 Å². The molecule has 0 aromatic rings. The molecule has 0 aromatic carbocycles. The minimum Gasteiger partial charge on any atom is -0.481 e. The number of methoxy groups -OCH3 is 1. The Bertz CT molecular complexity index is 342. The molecule has 9 heteroatoms. The molecule has 0 aliphatic carbocycles. The minimum atomic E-state index is -1.63. The lowest BCUT2D eigenvalue weighted by atomic mass is 9.92. The van der Waals surface area contributed by atoms with E-state index >= 15 is 0 Å². The molecule has 5 unspecified atom stereocenters. The van der Waals surface area contributed by atoms with Gasteiger partial charge in [-0.25, -0.2) is 0 Å². The van der Waals surface area contributed by atoms with Crippen molar-refractivity contribution >= 4 is 11.9 Å². The first-order valence-corrected chi connectivity index (χ1v) is 5.97. The van der Waals surface area contributed by atoms with E-state index in [2.05, 4.69) is 0 Å². The second-order valence-corrected chi connectivity index (χ2v) is 4.56. The average Bonchev–Trinajstić information content (AvgIpc) is 2.38. The standard InChI is InChI=1S/C11H18O9/c1-19-11-8(14)7(13)6(12)5(20-11)3-2-4(9(15)16)10(17)18/h4-8,11-14H,2-3H2,1H3,(H,15,16)(H,17,18). The van der Waals surface area contributed by atoms with E-state index in [4.69, 9.17) is 19.7 Å². The molecule has 9 nitrogen and oxygen atoms in total. The molecule has 1 aliphatic rings. The summed E-state index contributed by atoms with van der Waals surface area (Å²) in [6.45, 7) is 0. The summed E-state index contributed by atoms with van der Waals surface area (Å²) in [5.74, 6) is -4.62. The average molecular weight is 294 g/mol. The van der Waals surface area contributed by atoms with Crippen molar-refractivity contribution in [3.05, 3.63) is 0 Å². The van der Waals surface area contributed by atoms with Gasteiger partial charge >= 0.3 is 11.9 Å². The molecule has 0 saturated carbocycles. The summed E-state index contributed by atoms with van der Waals surface area (Å²) in [5, 5.41) is 46.3. The first-order valence-electron chi connectivity index (χ1n) is 5.97. The van der Waals surface area contributed by atoms with Crippen LogP contribution in [0.2, 0.25) is 0 Å². The highest BCUT2D eigenvalue weighted by Crippen LogP contribution is 2.25. The van der Waals surface area contributed by atoms with Crippen LogP contribution in [-0.2, 0) is 19.1 Å². The van der Waals surface area contributed by atoms with Gasteiger partial charge in [-0.15, -0.1) is 0 Å². The third-order valence-electron chi connectivity index (χ3n) is 3.24. The summed E-state index contributed by atoms with van der Waals surface area (Å²) in [6, 6.07) is 0. The topological polar surface area (TPSA) is 154 Å². The van der Waals surface area contributed by atoms with Crippen molar-refractivity contribution in [3.63, 3.8) is 0 Å². The lowest BCUT2D eigenvalue weighted by molar-refractivity contribution is -0.291. The largest absolute Gasteiger partial charge is 0.481 e. The molecule has 1 rings (SSSR count). The SMILES string of the molecule is COC1OC(CCC(C(=O)O)C(=O)O)C(O)C(O)C1O. The molecule has 5 atom stereocenters. The van der Waals surface area contributed by atoms with E-state index in [1.807, 2.05) is 0 Å². The van der Waals surface area contributed by atoms with Gasteiger partial charge in [-0.3, -0.25) is 9.59 Å². The predicted octanol–water partition coefficient (Wildman–Crippen LogP) is -1.99. The molecule has 5 N–H and O–H groups in total. The van der Waals surface area contributed by atoms with Crippen LogP contribution in [0.1, 0.15) is 12.8 Å². The van der Waals surface area contributed by atoms with Crippen molar-refractivity contribution in [1.29, 1.82) is 0 Å². The first kappa shape index (κ1) is 16.8. The zero-order valence-corrected chi connectivity index (χ0v) is 10.7. The third-order valence-corrected chi connectivity index (χ3v) is 3.24. The van der Waals surface area contributed by atoms with Crippen molar-refractivity contribution in [3.8, 4) is 0 Å². The Kier molecular flexibility index (Phi) is 5.84. The van der Waals surface area contributed by atoms with Crippen LogP contribution in [0.15, 0.2) is 0 Å². The summed E-state index contributed by atoms with van der Waals surface area (Å²) < 4.78 is 9.95. The van der Waals surface area contributed by atoms with Gasteiger partial charge in [0.25, 0.3) is 0 Å². The number of aliphatic hydroxyl groups is 3. The number of aliphatic carboxylic acids is 2. The van der Waals surface area contributed by atoms with Gasteiger partial charge in [0, 0.05) is 7.11 Å². The van der Waals surface area contributed by atoms with Gasteiger partial charge in [0.15, 0.2) is 12.2 Å². The van der Waals surface area contributed by atoms with Gasteiger partial charge in [-0.2, -0.15) is 0 Å². The molecule has 116 valence electrons. The maximum Gasteiger partial charge on any atom is 0.317 e. The second kappa shape index (κ2) is 6.95. The van der Waals surface area contributed by atoms with Gasteiger partial charge < -0.3 is 35.0 Å². The summed E-state index contributed by atoms with van der Waals surface area (Å²) in [5.41, 5.74) is 0. The van der Waals surface area contributed by atoms with Crippen molar-refractivity contribution in [2.75, 3.05) is 7.11 Å². The Labute approximate surface area is 114 Å². The number of carbonyl (C=O) groups is 2. The Morgan fingerprint density at radius 1 is 1.10 bits per heavy atom. The number of aliphatic hydroxyl groups excluding tert-OH is 3. The van der Waals surface area contributed by atoms with Gasteiger partial charge in [-0.1, -0.05) is 0 Å². The second-order valence-electron chi connectivity index (χ2n) is 4.56. The van der Waals surface area contributed by atoms with Gasteiger partial charge in [-0.05, 0) is 12.8 Å². The molecular formula is C11H18O9. The van der Waals surface area contributed by atoms with Crippen molar-refractivity contribution in [2.24, 2.45) is 5.92 Å². The highest BCUT2D eigenvalue weighted by atomic mass is 16.7. The zero-order valence-electron chi connectivity index (χ0n) is 10.7. The Hall–Kier alpha value is -1.26. The molecule has 0 aromatic heterocycles. The minimum absolute atomic E-state index is 0.117. The Morgan fingerprint density at radius 2 is 1.65 bits per heavy atom. The molecule has 1 heterocycles. The van der Waals surface area contributed by atoms with Crippen LogP contribution in [0.25, 0.3) is 0 Å². The van der Waals surface area contributed by atoms with Crippen LogP contribution in [0.3, 0.4) is 0 Å². The van der Waals surface area contributed by atoms with E-state index in [1.165, 1.54) is 7.11 Å². The third kappa shape index (κ3) is 3.64. The van der Waals surface area contributed by atoms with Crippen LogP contribution >= 0.6 is 0 Å². The maximum atomic E-state index is 10.7. The quantitative estimate of drug-likeness (QED) is 0.350. The maximum absolute atomic E-state index is 10.7. The van der Waals surface area contributed by atoms with Crippen LogP contribution in [-0.4, -0.2) is 75.3 Å². The lowest BCUT2D eigenvalue weighted by Gasteiger charge is -2.40. The Balaban J connectivity index is 2.66. The number of hydrogen-bond donors (Lipinski definition) is 5. The van der Waals surface area contributed by atoms with Crippen LogP contribution < -0.4 is 0 Å². The highest BCUT2D eigenvalue weighted by molar-refractivity contribution is 5.92. The molecule has 1 aliphatic heterocycles. The summed E-state index contributed by atoms with van der Waals surface area (Å²) in [7, 11) is 1.23. The number of hydrogen-bond acceptors (Lipinski definition) is 7. The summed E-state index contributed by atoms with van der Waals surface area (Å²) in [4.78, 5) is 21.5. The monoisotopic (exact) mass is 294 g/mol. The fourth-order valence-electron chi connectivity index (χ4n) is 2.03. The smallest absolute Gasteiger partial charge is 0.317 e. The number of carboxylic acid groups (broad SMARTS) is 2. The van der Waals surface area contributed by atoms with E-state index in [0.717, 1.165) is 0 Å². The molecule has 1 saturated heterocycles. The van der Waals surface area contributed by atoms with E-state index in [1.54, 1.807) is 0 Å². The molecule has 1 fully saturated rings. The van der Waals surface area contributed by atoms with Crippen molar-refractivity contribution in [2.45, 2.75) is 43.5 Å². The fourth-order valence-corrected chi connectivity index (χ4v) is 2.03. The van der Waals surface area contributed by atoms with Crippen LogP contribution in [0, 0.1) is 5.92 Å². The summed E-state index contributed by atoms with van der Waals surface area (Å²) in [6.07, 6.45) is -7.03. The zero-order chi connectivity index (χ0) is 15.4. The Morgan fingerprint density at radius 3 is 2.10 bits per heavy atom. The van der Waals surface area contributed by atoms with E-state index in [-0.39, 0.29) is 12.8 Å². The molecular weight excluding hydrogens is 276 g/mol. The van der Waals surface area contributed by atoms with E-state index in [9.17, 15) is 24.9 Å². The molecule has 0 amide bonds. The molecule has 0 radical (unpaired) electrons. The summed E-state index contributed by atoms with van der Waals surface area (Å²) >= 11 is 0. The van der Waals surface area contributed by atoms with Crippen molar-refractivity contribution in [1.82, 2.24) is 0 Å². The number of carboxylic acids is 2. The number of rotatable bonds is 6. The van der Waals surface area contributed by atoms with Gasteiger partial charge in [0.1, 0.15) is 18.3 Å². The fraction of sp³-hybridized carbons (Fsp3) is 0.818. The molecule has 20 heavy (non-hydrogen) atoms. The van der Waals surface area contributed by atoms with Crippen molar-refractivity contribution < 1.29 is 44.6 Å². The lowest BCUT2D eigenvalue weighted by Crippen LogP contribution is -2.58. The van der Waals surface area contributed by atoms with E-state index < -0.39 is 48.6 Å². The molecule has 0 bridgehead atoms. The predicted molar refractivity (Wildman–Crippen MR) is 61.7 cm³/mol. The van der Waals surface area contributed by atoms with E-state index in [0.29, 0.717) is 0 Å². The normalized spacial score (nSPS) is 34.1.